The monoisotopic (exact) mass is 1420 g/mol. The fourth-order valence-corrected chi connectivity index (χ4v) is 15.9. The maximum Gasteiger partial charge on any atom is 0.147 e. The number of rotatable bonds is 19. The minimum atomic E-state index is -0.460. The topological polar surface area (TPSA) is 75.9 Å². The number of aromatic hydroxyl groups is 2. The van der Waals surface area contributed by atoms with Crippen molar-refractivity contribution in [3.8, 4) is 84.3 Å². The number of phenolic OH excluding ortho intramolecular Hbond substituents is 2. The summed E-state index contributed by atoms with van der Waals surface area (Å²) in [6.07, 6.45) is 2.47. The SMILES string of the molecule is CCc1cc(F)cc(-c2cc(C(C)(C)CC(C)(C)C)cc(-n3c4ccccc4c4ccc(-c5cc(C(C)(C)C)cc(C(C)(C)C)c5)cc43)c2O)c1OCCCOc1c(C)cc(F)cc1-c1cc(C(C)(C)CC(C)(C)C)cc(Nc2ccccc2-c2ccc(-c3cc(C(C)(C)C)cc(C(C)(C)C)c3)cc2)c1O. The van der Waals surface area contributed by atoms with Gasteiger partial charge in [0.15, 0.2) is 0 Å². The van der Waals surface area contributed by atoms with Crippen LogP contribution >= 0.6 is 0 Å². The number of ether oxygens (including phenoxy) is 2. The molecule has 0 amide bonds. The lowest BCUT2D eigenvalue weighted by molar-refractivity contribution is 0.246. The quantitative estimate of drug-likeness (QED) is 0.0556. The Morgan fingerprint density at radius 3 is 1.37 bits per heavy atom. The number of fused-ring (bicyclic) bond motifs is 3. The summed E-state index contributed by atoms with van der Waals surface area (Å²) in [5.41, 5.74) is 19.1. The van der Waals surface area contributed by atoms with Crippen LogP contribution in [0.5, 0.6) is 23.0 Å². The second-order valence-electron chi connectivity index (χ2n) is 37.9. The molecule has 1 heterocycles. The third-order valence-corrected chi connectivity index (χ3v) is 21.1. The molecular weight excluding hydrogens is 1310 g/mol. The number of para-hydroxylation sites is 2. The van der Waals surface area contributed by atoms with Gasteiger partial charge in [0.05, 0.1) is 35.6 Å². The van der Waals surface area contributed by atoms with Crippen molar-refractivity contribution in [2.75, 3.05) is 18.5 Å². The van der Waals surface area contributed by atoms with Crippen LogP contribution in [0.2, 0.25) is 0 Å². The van der Waals surface area contributed by atoms with E-state index in [1.54, 1.807) is 0 Å². The molecule has 1 aromatic heterocycles. The average molecular weight is 1420 g/mol. The van der Waals surface area contributed by atoms with E-state index in [-0.39, 0.29) is 57.2 Å². The van der Waals surface area contributed by atoms with Crippen molar-refractivity contribution in [3.63, 3.8) is 0 Å². The van der Waals surface area contributed by atoms with Crippen LogP contribution in [0.15, 0.2) is 176 Å². The van der Waals surface area contributed by atoms with Gasteiger partial charge < -0.3 is 29.6 Å². The fraction of sp³-hybridized carbons (Fsp3) is 0.388. The number of halogens is 2. The first-order valence-electron chi connectivity index (χ1n) is 38.3. The lowest BCUT2D eigenvalue weighted by Gasteiger charge is -2.34. The normalized spacial score (nSPS) is 12.9. The zero-order chi connectivity index (χ0) is 77.3. The van der Waals surface area contributed by atoms with Crippen molar-refractivity contribution in [2.45, 2.75) is 224 Å². The molecule has 556 valence electrons. The van der Waals surface area contributed by atoms with Crippen LogP contribution in [-0.2, 0) is 38.9 Å². The maximum atomic E-state index is 16.6. The van der Waals surface area contributed by atoms with Gasteiger partial charge in [-0.2, -0.15) is 0 Å². The molecule has 0 atom stereocenters. The fourth-order valence-electron chi connectivity index (χ4n) is 15.9. The van der Waals surface area contributed by atoms with Crippen LogP contribution in [0, 0.1) is 29.4 Å². The third-order valence-electron chi connectivity index (χ3n) is 21.1. The van der Waals surface area contributed by atoms with Gasteiger partial charge in [-0.25, -0.2) is 8.78 Å². The largest absolute Gasteiger partial charge is 0.505 e. The van der Waals surface area contributed by atoms with Crippen molar-refractivity contribution >= 4 is 33.2 Å². The maximum absolute atomic E-state index is 16.6. The molecule has 10 aromatic carbocycles. The van der Waals surface area contributed by atoms with Crippen molar-refractivity contribution in [1.82, 2.24) is 4.57 Å². The number of hydrogen-bond acceptors (Lipinski definition) is 5. The Bertz CT molecular complexity index is 5030. The van der Waals surface area contributed by atoms with E-state index in [1.807, 2.05) is 56.3 Å². The second kappa shape index (κ2) is 28.9. The first-order valence-corrected chi connectivity index (χ1v) is 38.3. The standard InChI is InChI=1S/C98H116F2N2O4/c1-25-61-48-74(100)57-81(79-53-72(98(23,24)59-92(6,7)8)55-86(88(79)104)102-84-34-29-27-32-76(84)77-40-39-64(49-85(77)102)66-46-69(95(15,16)17)51-70(47-66)96(18,19)20)90(61)106-42-30-41-105-89-60(2)43-73(99)56-80(89)78-52-71(97(21,22)58-91(3,4)5)54-83(87(78)103)101-82-33-28-26-31-75(82)63-37-35-62(36-38-63)65-44-67(93(9,10)11)50-68(45-65)94(12,13)14/h26-29,31-40,43-57,101,103-104H,25,30,41-42,58-59H2,1-24H3. The molecule has 0 radical (unpaired) electrons. The lowest BCUT2D eigenvalue weighted by Crippen LogP contribution is -2.25. The molecule has 3 N–H and O–H groups in total. The summed E-state index contributed by atoms with van der Waals surface area (Å²) in [7, 11) is 0. The zero-order valence-electron chi connectivity index (χ0n) is 67.9. The van der Waals surface area contributed by atoms with Crippen molar-refractivity contribution in [3.05, 3.63) is 232 Å². The highest BCUT2D eigenvalue weighted by Gasteiger charge is 2.34. The van der Waals surface area contributed by atoms with Gasteiger partial charge in [-0.15, -0.1) is 0 Å². The molecule has 8 heteroatoms. The first kappa shape index (κ1) is 77.9. The Morgan fingerprint density at radius 1 is 0.377 bits per heavy atom. The number of benzene rings is 10. The molecule has 106 heavy (non-hydrogen) atoms. The van der Waals surface area contributed by atoms with Gasteiger partial charge in [-0.05, 0) is 209 Å². The molecule has 11 rings (SSSR count). The zero-order valence-corrected chi connectivity index (χ0v) is 67.9. The summed E-state index contributed by atoms with van der Waals surface area (Å²) in [5.74, 6) is -0.0283. The van der Waals surface area contributed by atoms with Gasteiger partial charge in [-0.1, -0.05) is 268 Å². The van der Waals surface area contributed by atoms with Gasteiger partial charge in [0.25, 0.3) is 0 Å². The highest BCUT2D eigenvalue weighted by atomic mass is 19.1. The van der Waals surface area contributed by atoms with E-state index in [2.05, 4.69) is 271 Å². The summed E-state index contributed by atoms with van der Waals surface area (Å²) in [4.78, 5) is 0. The average Bonchev–Trinajstić information content (AvgIpc) is 1.53. The van der Waals surface area contributed by atoms with Crippen LogP contribution in [0.3, 0.4) is 0 Å². The van der Waals surface area contributed by atoms with E-state index < -0.39 is 22.5 Å². The van der Waals surface area contributed by atoms with Crippen LogP contribution < -0.4 is 14.8 Å². The van der Waals surface area contributed by atoms with Gasteiger partial charge in [-0.3, -0.25) is 0 Å². The highest BCUT2D eigenvalue weighted by molar-refractivity contribution is 6.10. The van der Waals surface area contributed by atoms with E-state index in [0.29, 0.717) is 69.1 Å². The van der Waals surface area contributed by atoms with E-state index in [1.165, 1.54) is 52.1 Å². The molecule has 11 aromatic rings. The van der Waals surface area contributed by atoms with E-state index in [0.717, 1.165) is 79.3 Å². The number of aryl methyl sites for hydroxylation is 2. The van der Waals surface area contributed by atoms with E-state index >= 15 is 8.78 Å². The van der Waals surface area contributed by atoms with Crippen LogP contribution in [0.4, 0.5) is 20.2 Å². The van der Waals surface area contributed by atoms with Crippen LogP contribution in [0.1, 0.15) is 223 Å². The summed E-state index contributed by atoms with van der Waals surface area (Å²) in [6, 6.07) is 60.1. The molecule has 6 nitrogen and oxygen atoms in total. The Kier molecular flexibility index (Phi) is 21.2. The first-order chi connectivity index (χ1) is 49.3. The highest BCUT2D eigenvalue weighted by Crippen LogP contribution is 2.52. The molecule has 0 bridgehead atoms. The Balaban J connectivity index is 0.949. The summed E-state index contributed by atoms with van der Waals surface area (Å²) in [5, 5.41) is 32.0. The number of nitrogens with zero attached hydrogens (tertiary/aromatic N) is 1. The van der Waals surface area contributed by atoms with Crippen molar-refractivity contribution < 1.29 is 28.5 Å². The minimum Gasteiger partial charge on any atom is -0.505 e. The number of hydrogen-bond donors (Lipinski definition) is 3. The smallest absolute Gasteiger partial charge is 0.147 e. The molecule has 0 aliphatic heterocycles. The predicted octanol–water partition coefficient (Wildman–Crippen LogP) is 27.9. The minimum absolute atomic E-state index is 0.00302. The van der Waals surface area contributed by atoms with Gasteiger partial charge in [0.2, 0.25) is 0 Å². The van der Waals surface area contributed by atoms with Gasteiger partial charge in [0, 0.05) is 50.7 Å². The Hall–Kier alpha value is -9.14. The summed E-state index contributed by atoms with van der Waals surface area (Å²) in [6.45, 7) is 53.7. The molecule has 0 aliphatic carbocycles. The lowest BCUT2D eigenvalue weighted by atomic mass is 9.71. The number of anilines is 2. The van der Waals surface area contributed by atoms with E-state index in [9.17, 15) is 10.2 Å². The molecule has 0 saturated heterocycles. The molecule has 0 saturated carbocycles. The third kappa shape index (κ3) is 17.0. The van der Waals surface area contributed by atoms with E-state index in [4.69, 9.17) is 9.47 Å². The second-order valence-corrected chi connectivity index (χ2v) is 37.9. The Labute approximate surface area is 632 Å². The molecule has 0 fully saturated rings. The van der Waals surface area contributed by atoms with Crippen LogP contribution in [-0.4, -0.2) is 28.0 Å². The number of nitrogens with one attached hydrogen (secondary N) is 1. The summed E-state index contributed by atoms with van der Waals surface area (Å²) < 4.78 is 48.8. The summed E-state index contributed by atoms with van der Waals surface area (Å²) >= 11 is 0. The van der Waals surface area contributed by atoms with Gasteiger partial charge in [0.1, 0.15) is 34.6 Å². The van der Waals surface area contributed by atoms with Crippen molar-refractivity contribution in [1.29, 1.82) is 0 Å². The molecule has 0 spiro atoms. The van der Waals surface area contributed by atoms with Crippen molar-refractivity contribution in [2.24, 2.45) is 10.8 Å². The molecular formula is C98H116F2N2O4. The number of aromatic nitrogens is 1. The van der Waals surface area contributed by atoms with Crippen LogP contribution in [0.25, 0.3) is 83.1 Å². The number of phenols is 2. The molecule has 0 aliphatic rings. The van der Waals surface area contributed by atoms with Gasteiger partial charge >= 0.3 is 0 Å². The predicted molar refractivity (Wildman–Crippen MR) is 446 cm³/mol. The molecule has 0 unspecified atom stereocenters. The Morgan fingerprint density at radius 2 is 0.830 bits per heavy atom.